The van der Waals surface area contributed by atoms with E-state index in [1.165, 1.54) is 0 Å². The second kappa shape index (κ2) is 4.23. The van der Waals surface area contributed by atoms with Gasteiger partial charge >= 0.3 is 6.18 Å². The average Bonchev–Trinajstić information content (AvgIpc) is 2.14. The summed E-state index contributed by atoms with van der Waals surface area (Å²) in [6, 6.07) is 0.218. The third kappa shape index (κ3) is 2.12. The van der Waals surface area contributed by atoms with Crippen LogP contribution in [0.3, 0.4) is 0 Å². The minimum atomic E-state index is -5.29. The number of halogens is 5. The quantitative estimate of drug-likeness (QED) is 0.794. The van der Waals surface area contributed by atoms with Crippen molar-refractivity contribution < 1.29 is 27.1 Å². The normalized spacial score (nSPS) is 17.6. The largest absolute Gasteiger partial charge is 0.423 e. The molecule has 0 aromatic heterocycles. The smallest absolute Gasteiger partial charge is 0.375 e. The van der Waals surface area contributed by atoms with Crippen molar-refractivity contribution in [3.8, 4) is 0 Å². The molecule has 0 aliphatic heterocycles. The molecule has 0 amide bonds. The van der Waals surface area contributed by atoms with Crippen LogP contribution in [-0.4, -0.2) is 17.3 Å². The Labute approximate surface area is 93.9 Å². The lowest BCUT2D eigenvalue weighted by Crippen LogP contribution is -2.55. The Bertz CT molecular complexity index is 397. The van der Waals surface area contributed by atoms with Crippen LogP contribution in [-0.2, 0) is 5.60 Å². The number of hydrogen-bond acceptors (Lipinski definition) is 2. The zero-order chi connectivity index (χ0) is 13.4. The average molecular weight is 255 g/mol. The number of benzene rings is 1. The summed E-state index contributed by atoms with van der Waals surface area (Å²) in [6.45, 7) is 0.819. The van der Waals surface area contributed by atoms with E-state index in [0.717, 1.165) is 13.0 Å². The van der Waals surface area contributed by atoms with Gasteiger partial charge in [-0.05, 0) is 19.1 Å². The molecule has 0 aliphatic carbocycles. The van der Waals surface area contributed by atoms with E-state index in [4.69, 9.17) is 5.73 Å². The molecule has 0 saturated carbocycles. The topological polar surface area (TPSA) is 46.2 Å². The molecule has 7 heteroatoms. The number of nitrogens with two attached hydrogens (primary N) is 1. The number of hydrogen-bond donors (Lipinski definition) is 2. The van der Waals surface area contributed by atoms with Crippen molar-refractivity contribution in [2.75, 3.05) is 0 Å². The zero-order valence-corrected chi connectivity index (χ0v) is 8.72. The summed E-state index contributed by atoms with van der Waals surface area (Å²) in [5.41, 5.74) is -0.222. The lowest BCUT2D eigenvalue weighted by molar-refractivity contribution is -0.274. The molecule has 17 heavy (non-hydrogen) atoms. The van der Waals surface area contributed by atoms with Crippen LogP contribution in [0.25, 0.3) is 0 Å². The molecule has 0 fully saturated rings. The molecule has 0 saturated heterocycles. The van der Waals surface area contributed by atoms with Crippen molar-refractivity contribution in [3.05, 3.63) is 35.4 Å². The summed E-state index contributed by atoms with van der Waals surface area (Å²) < 4.78 is 64.8. The Morgan fingerprint density at radius 3 is 1.88 bits per heavy atom. The summed E-state index contributed by atoms with van der Waals surface area (Å²) in [5, 5.41) is 9.53. The summed E-state index contributed by atoms with van der Waals surface area (Å²) in [7, 11) is 0. The minimum absolute atomic E-state index is 0.623. The molecule has 0 heterocycles. The van der Waals surface area contributed by atoms with Crippen LogP contribution in [0.5, 0.6) is 0 Å². The first kappa shape index (κ1) is 13.9. The van der Waals surface area contributed by atoms with Crippen LogP contribution in [0.1, 0.15) is 12.5 Å². The second-order valence-corrected chi connectivity index (χ2v) is 3.65. The molecule has 0 bridgehead atoms. The molecule has 1 rings (SSSR count). The van der Waals surface area contributed by atoms with E-state index in [2.05, 4.69) is 0 Å². The second-order valence-electron chi connectivity index (χ2n) is 3.65. The lowest BCUT2D eigenvalue weighted by atomic mass is 9.86. The maximum Gasteiger partial charge on any atom is 0.423 e. The molecular formula is C10H10F5NO. The molecular weight excluding hydrogens is 245 g/mol. The SMILES string of the molecule is CC(N)C(O)(c1c(F)cccc1F)C(F)(F)F. The van der Waals surface area contributed by atoms with E-state index in [1.54, 1.807) is 0 Å². The number of rotatable bonds is 2. The summed E-state index contributed by atoms with van der Waals surface area (Å²) in [6.07, 6.45) is -5.29. The van der Waals surface area contributed by atoms with Crippen molar-refractivity contribution in [1.29, 1.82) is 0 Å². The molecule has 2 atom stereocenters. The van der Waals surface area contributed by atoms with Crippen LogP contribution in [0.2, 0.25) is 0 Å². The van der Waals surface area contributed by atoms with Crippen molar-refractivity contribution in [2.24, 2.45) is 5.73 Å². The zero-order valence-electron chi connectivity index (χ0n) is 8.72. The fraction of sp³-hybridized carbons (Fsp3) is 0.400. The first-order valence-corrected chi connectivity index (χ1v) is 4.61. The van der Waals surface area contributed by atoms with E-state index < -0.39 is 35.0 Å². The predicted molar refractivity (Wildman–Crippen MR) is 50.0 cm³/mol. The van der Waals surface area contributed by atoms with Gasteiger partial charge in [0.15, 0.2) is 0 Å². The van der Waals surface area contributed by atoms with Crippen LogP contribution < -0.4 is 5.73 Å². The van der Waals surface area contributed by atoms with Gasteiger partial charge in [0.05, 0.1) is 5.56 Å². The Morgan fingerprint density at radius 1 is 1.18 bits per heavy atom. The molecule has 96 valence electrons. The van der Waals surface area contributed by atoms with Crippen LogP contribution in [0.15, 0.2) is 18.2 Å². The Kier molecular flexibility index (Phi) is 3.45. The molecule has 1 aromatic carbocycles. The fourth-order valence-electron chi connectivity index (χ4n) is 1.49. The van der Waals surface area contributed by atoms with Crippen molar-refractivity contribution in [3.63, 3.8) is 0 Å². The third-order valence-electron chi connectivity index (χ3n) is 2.44. The van der Waals surface area contributed by atoms with Crippen molar-refractivity contribution in [1.82, 2.24) is 0 Å². The molecule has 2 nitrogen and oxygen atoms in total. The monoisotopic (exact) mass is 255 g/mol. The van der Waals surface area contributed by atoms with Gasteiger partial charge in [-0.2, -0.15) is 13.2 Å². The van der Waals surface area contributed by atoms with Gasteiger partial charge in [-0.1, -0.05) is 6.07 Å². The van der Waals surface area contributed by atoms with Crippen LogP contribution >= 0.6 is 0 Å². The Balaban J connectivity index is 3.55. The van der Waals surface area contributed by atoms with E-state index in [1.807, 2.05) is 0 Å². The molecule has 0 radical (unpaired) electrons. The predicted octanol–water partition coefficient (Wildman–Crippen LogP) is 2.06. The maximum atomic E-state index is 13.3. The van der Waals surface area contributed by atoms with E-state index in [0.29, 0.717) is 12.1 Å². The van der Waals surface area contributed by atoms with Gasteiger partial charge in [0.25, 0.3) is 0 Å². The van der Waals surface area contributed by atoms with Crippen molar-refractivity contribution in [2.45, 2.75) is 24.7 Å². The van der Waals surface area contributed by atoms with Gasteiger partial charge in [-0.15, -0.1) is 0 Å². The Hall–Kier alpha value is -1.21. The standard InChI is InChI=1S/C10H10F5NO/c1-5(16)9(17,10(13,14)15)8-6(11)3-2-4-7(8)12/h2-5,17H,16H2,1H3. The Morgan fingerprint density at radius 2 is 1.59 bits per heavy atom. The van der Waals surface area contributed by atoms with Gasteiger partial charge in [-0.3, -0.25) is 0 Å². The first-order chi connectivity index (χ1) is 7.62. The molecule has 3 N–H and O–H groups in total. The molecule has 0 spiro atoms. The highest BCUT2D eigenvalue weighted by atomic mass is 19.4. The van der Waals surface area contributed by atoms with Gasteiger partial charge in [0.1, 0.15) is 11.6 Å². The summed E-state index contributed by atoms with van der Waals surface area (Å²) in [5.74, 6) is -3.00. The number of alkyl halides is 3. The minimum Gasteiger partial charge on any atom is -0.375 e. The van der Waals surface area contributed by atoms with Crippen molar-refractivity contribution >= 4 is 0 Å². The third-order valence-corrected chi connectivity index (χ3v) is 2.44. The summed E-state index contributed by atoms with van der Waals surface area (Å²) >= 11 is 0. The number of aliphatic hydroxyl groups is 1. The summed E-state index contributed by atoms with van der Waals surface area (Å²) in [4.78, 5) is 0. The fourth-order valence-corrected chi connectivity index (χ4v) is 1.49. The van der Waals surface area contributed by atoms with E-state index in [-0.39, 0.29) is 0 Å². The van der Waals surface area contributed by atoms with Crippen LogP contribution in [0.4, 0.5) is 22.0 Å². The highest BCUT2D eigenvalue weighted by Gasteiger charge is 2.59. The molecule has 2 unspecified atom stereocenters. The first-order valence-electron chi connectivity index (χ1n) is 4.61. The molecule has 1 aromatic rings. The van der Waals surface area contributed by atoms with E-state index in [9.17, 15) is 27.1 Å². The lowest BCUT2D eigenvalue weighted by Gasteiger charge is -2.34. The molecule has 0 aliphatic rings. The van der Waals surface area contributed by atoms with Gasteiger partial charge < -0.3 is 10.8 Å². The highest BCUT2D eigenvalue weighted by molar-refractivity contribution is 5.29. The van der Waals surface area contributed by atoms with Gasteiger partial charge in [0.2, 0.25) is 5.60 Å². The van der Waals surface area contributed by atoms with E-state index >= 15 is 0 Å². The van der Waals surface area contributed by atoms with Crippen LogP contribution in [0, 0.1) is 11.6 Å². The van der Waals surface area contributed by atoms with Gasteiger partial charge in [0, 0.05) is 6.04 Å². The van der Waals surface area contributed by atoms with Gasteiger partial charge in [-0.25, -0.2) is 8.78 Å². The maximum absolute atomic E-state index is 13.3. The highest BCUT2D eigenvalue weighted by Crippen LogP contribution is 2.42.